The van der Waals surface area contributed by atoms with Gasteiger partial charge in [0.25, 0.3) is 6.71 Å². The van der Waals surface area contributed by atoms with Gasteiger partial charge in [0.05, 0.1) is 45.4 Å². The van der Waals surface area contributed by atoms with E-state index >= 15 is 0 Å². The molecule has 0 radical (unpaired) electrons. The zero-order chi connectivity index (χ0) is 77.4. The average Bonchev–Trinajstić information content (AvgIpc) is 1.65. The third-order valence-electron chi connectivity index (χ3n) is 18.4. The van der Waals surface area contributed by atoms with Gasteiger partial charge in [0, 0.05) is 84.1 Å². The van der Waals surface area contributed by atoms with Crippen LogP contribution < -0.4 is 31.1 Å². The van der Waals surface area contributed by atoms with E-state index in [2.05, 4.69) is 128 Å². The molecule has 5 nitrogen and oxygen atoms in total. The van der Waals surface area contributed by atoms with E-state index in [0.29, 0.717) is 45.0 Å². The highest BCUT2D eigenvalue weighted by Crippen LogP contribution is 2.50. The van der Waals surface area contributed by atoms with Crippen molar-refractivity contribution in [1.29, 1.82) is 0 Å². The summed E-state index contributed by atoms with van der Waals surface area (Å²) in [6, 6.07) is 67.8. The molecule has 14 aromatic carbocycles. The fourth-order valence-corrected chi connectivity index (χ4v) is 14.2. The van der Waals surface area contributed by atoms with Crippen molar-refractivity contribution in [2.45, 2.75) is 26.2 Å². The number of hydrogen-bond donors (Lipinski definition) is 0. The van der Waals surface area contributed by atoms with Crippen molar-refractivity contribution in [1.82, 2.24) is 9.13 Å². The molecule has 0 fully saturated rings. The summed E-state index contributed by atoms with van der Waals surface area (Å²) >= 11 is 0. The van der Waals surface area contributed by atoms with Gasteiger partial charge in [-0.3, -0.25) is 0 Å². The van der Waals surface area contributed by atoms with Crippen LogP contribution >= 0.6 is 0 Å². The van der Waals surface area contributed by atoms with E-state index < -0.39 is 103 Å². The smallest absolute Gasteiger partial charge is 0.252 e. The van der Waals surface area contributed by atoms with Crippen molar-refractivity contribution in [2.75, 3.05) is 14.7 Å². The van der Waals surface area contributed by atoms with E-state index in [0.717, 1.165) is 78.1 Å². The van der Waals surface area contributed by atoms with Crippen LogP contribution in [0.3, 0.4) is 0 Å². The van der Waals surface area contributed by atoms with Crippen LogP contribution in [0.15, 0.2) is 333 Å². The van der Waals surface area contributed by atoms with Gasteiger partial charge >= 0.3 is 0 Å². The lowest BCUT2D eigenvalue weighted by Crippen LogP contribution is -2.61. The van der Waals surface area contributed by atoms with Gasteiger partial charge < -0.3 is 23.8 Å². The van der Waals surface area contributed by atoms with E-state index in [1.807, 2.05) is 95.6 Å². The molecule has 2 aliphatic heterocycles. The summed E-state index contributed by atoms with van der Waals surface area (Å²) in [6.07, 6.45) is 0. The maximum Gasteiger partial charge on any atom is 0.252 e. The van der Waals surface area contributed by atoms with Gasteiger partial charge in [-0.05, 0) is 188 Å². The predicted octanol–water partition coefficient (Wildman–Crippen LogP) is 21.7. The Kier molecular flexibility index (Phi) is 9.36. The molecule has 0 saturated carbocycles. The summed E-state index contributed by atoms with van der Waals surface area (Å²) in [6.45, 7) is 5.87. The summed E-state index contributed by atoms with van der Waals surface area (Å²) in [5, 5.41) is 0.456. The SMILES string of the molecule is [2H]c1c([2H])c([2H])c(N(c2ccccc2)c2ccc3c(c2)c2c([2H])c([2H])c([2H])c([2H])c2n3-c2ccc3c(c2)N(c2cccc(-c4ccccc4)c2)c2cc(C(C)(C)C)cc4c2B3c2ccc(-n3c5c([2H])c([2H])c([2H])c([2H])c5c5c([2H])c([2H])c([2H])c([2H])c53)cc2N4c2cc(-c3ccccc3)cc(-c3ccccc3)c2)c([2H])c1[2H]. The molecule has 2 aliphatic rings. The number of fused-ring (bicyclic) bond motifs is 10. The van der Waals surface area contributed by atoms with Crippen molar-refractivity contribution in [3.05, 3.63) is 339 Å². The molecule has 0 aliphatic carbocycles. The average molecular weight is 1220 g/mol. The topological polar surface area (TPSA) is 19.6 Å². The zero-order valence-corrected chi connectivity index (χ0v) is 51.3. The molecule has 0 atom stereocenters. The Labute approximate surface area is 572 Å². The lowest BCUT2D eigenvalue weighted by Gasteiger charge is -2.45. The predicted molar refractivity (Wildman–Crippen MR) is 399 cm³/mol. The fraction of sp³-hybridized carbons (Fsp3) is 0.0455. The molecular formula is C88H64BN5. The van der Waals surface area contributed by atoms with Crippen LogP contribution in [0.4, 0.5) is 51.2 Å². The molecule has 0 unspecified atom stereocenters. The highest BCUT2D eigenvalue weighted by molar-refractivity contribution is 7.00. The first-order chi connectivity index (χ1) is 53.3. The van der Waals surface area contributed by atoms with E-state index in [9.17, 15) is 13.7 Å². The van der Waals surface area contributed by atoms with Crippen molar-refractivity contribution < 1.29 is 23.3 Å². The Balaban J connectivity index is 0.961. The molecule has 0 spiro atoms. The van der Waals surface area contributed by atoms with Crippen molar-refractivity contribution in [2.24, 2.45) is 0 Å². The molecule has 18 rings (SSSR count). The van der Waals surface area contributed by atoms with Crippen LogP contribution in [0, 0.1) is 0 Å². The van der Waals surface area contributed by atoms with Crippen molar-refractivity contribution in [3.8, 4) is 44.8 Å². The number of para-hydroxylation sites is 5. The third kappa shape index (κ3) is 9.00. The maximum atomic E-state index is 9.93. The van der Waals surface area contributed by atoms with Gasteiger partial charge in [0.2, 0.25) is 0 Å². The largest absolute Gasteiger partial charge is 0.311 e. The van der Waals surface area contributed by atoms with Crippen LogP contribution in [0.25, 0.3) is 88.4 Å². The Hall–Kier alpha value is -11.9. The zero-order valence-electron chi connectivity index (χ0n) is 68.3. The van der Waals surface area contributed by atoms with Gasteiger partial charge in [-0.25, -0.2) is 0 Å². The van der Waals surface area contributed by atoms with E-state index in [4.69, 9.17) is 9.60 Å². The number of nitrogens with zero attached hydrogens (tertiary/aromatic N) is 5. The molecule has 444 valence electrons. The molecule has 94 heavy (non-hydrogen) atoms. The number of benzene rings is 14. The van der Waals surface area contributed by atoms with Gasteiger partial charge in [-0.1, -0.05) is 227 Å². The Morgan fingerprint density at radius 1 is 0.309 bits per heavy atom. The number of rotatable bonds is 10. The number of anilines is 9. The summed E-state index contributed by atoms with van der Waals surface area (Å²) < 4.78 is 161. The first-order valence-corrected chi connectivity index (χ1v) is 31.3. The lowest BCUT2D eigenvalue weighted by atomic mass is 9.33. The standard InChI is InChI=1S/C88H64BN5/c1-88(2,3)65-54-85-87-86(55-65)94(72-52-63(60-28-11-5-12-29-60)50-64(53-72)61-30-13-6-14-31-61)84-58-70(91-79-41-22-19-38-73(79)74-39-20-23-42-80(74)91)44-48-78(84)89(87)77-47-45-71(57-83(77)93(85)68-37-25-32-62(51-68)59-26-9-4-10-27-59)92-81-43-24-21-40-75(81)76-56-69(46-49-82(76)92)90(66-33-15-7-16-34-66)67-35-17-8-18-36-67/h4-58H,1-3H3/i7D,15D,16D,19D,20D,21D,22D,23D,24D,33D,34D,38D,39D,40D,41D,42D,43D. The highest BCUT2D eigenvalue weighted by atomic mass is 15.2. The minimum absolute atomic E-state index is 0.0296. The maximum absolute atomic E-state index is 9.93. The van der Waals surface area contributed by atoms with Gasteiger partial charge in [0.15, 0.2) is 0 Å². The first-order valence-electron chi connectivity index (χ1n) is 39.8. The van der Waals surface area contributed by atoms with Gasteiger partial charge in [-0.2, -0.15) is 0 Å². The van der Waals surface area contributed by atoms with Crippen molar-refractivity contribution in [3.63, 3.8) is 0 Å². The Morgan fingerprint density at radius 2 is 0.766 bits per heavy atom. The molecule has 0 bridgehead atoms. The van der Waals surface area contributed by atoms with Crippen LogP contribution in [0.2, 0.25) is 0 Å². The third-order valence-corrected chi connectivity index (χ3v) is 18.4. The second-order valence-electron chi connectivity index (χ2n) is 24.9. The summed E-state index contributed by atoms with van der Waals surface area (Å²) in [5.41, 5.74) is 15.2. The van der Waals surface area contributed by atoms with Crippen LogP contribution in [-0.4, -0.2) is 15.8 Å². The summed E-state index contributed by atoms with van der Waals surface area (Å²) in [5.74, 6) is 0. The first kappa shape index (κ1) is 40.1. The summed E-state index contributed by atoms with van der Waals surface area (Å²) in [4.78, 5) is 6.11. The molecule has 6 heteroatoms. The molecule has 0 N–H and O–H groups in total. The van der Waals surface area contributed by atoms with Crippen molar-refractivity contribution >= 4 is 118 Å². The number of hydrogen-bond acceptors (Lipinski definition) is 3. The normalized spacial score (nSPS) is 15.1. The fourth-order valence-electron chi connectivity index (χ4n) is 14.2. The monoisotopic (exact) mass is 1220 g/mol. The summed E-state index contributed by atoms with van der Waals surface area (Å²) in [7, 11) is 0. The van der Waals surface area contributed by atoms with Crippen LogP contribution in [0.1, 0.15) is 49.6 Å². The van der Waals surface area contributed by atoms with Crippen LogP contribution in [-0.2, 0) is 5.41 Å². The second-order valence-corrected chi connectivity index (χ2v) is 24.9. The Bertz CT molecular complexity index is 6520. The van der Waals surface area contributed by atoms with E-state index in [1.54, 1.807) is 51.9 Å². The number of aromatic nitrogens is 2. The van der Waals surface area contributed by atoms with E-state index in [-0.39, 0.29) is 50.5 Å². The Morgan fingerprint density at radius 3 is 1.31 bits per heavy atom. The van der Waals surface area contributed by atoms with Gasteiger partial charge in [-0.15, -0.1) is 0 Å². The lowest BCUT2D eigenvalue weighted by molar-refractivity contribution is 0.590. The van der Waals surface area contributed by atoms with Gasteiger partial charge in [0.1, 0.15) is 0 Å². The minimum Gasteiger partial charge on any atom is -0.311 e. The molecule has 0 saturated heterocycles. The quantitative estimate of drug-likeness (QED) is 0.127. The second kappa shape index (κ2) is 21.9. The minimum atomic E-state index is -0.635. The molecule has 16 aromatic rings. The molecular weight excluding hydrogens is 1140 g/mol. The van der Waals surface area contributed by atoms with E-state index in [1.165, 1.54) is 0 Å². The van der Waals surface area contributed by atoms with Crippen LogP contribution in [0.5, 0.6) is 0 Å². The molecule has 4 heterocycles. The molecule has 2 aromatic heterocycles. The highest BCUT2D eigenvalue weighted by Gasteiger charge is 2.45. The molecule has 0 amide bonds.